The van der Waals surface area contributed by atoms with E-state index >= 15 is 0 Å². The summed E-state index contributed by atoms with van der Waals surface area (Å²) in [4.78, 5) is 31.4. The van der Waals surface area contributed by atoms with Gasteiger partial charge in [0.05, 0.1) is 28.2 Å². The van der Waals surface area contributed by atoms with Crippen LogP contribution in [0.25, 0.3) is 10.2 Å². The first kappa shape index (κ1) is 31.6. The fraction of sp³-hybridized carbons (Fsp3) is 0.441. The molecule has 2 fully saturated rings. The van der Waals surface area contributed by atoms with Crippen molar-refractivity contribution in [3.05, 3.63) is 59.5 Å². The number of carbonyl (C=O) groups excluding carboxylic acids is 1. The number of thioether (sulfide) groups is 1. The number of likely N-dealkylation sites (tertiary alicyclic amines) is 1. The van der Waals surface area contributed by atoms with Crippen LogP contribution in [0.3, 0.4) is 0 Å². The van der Waals surface area contributed by atoms with Crippen LogP contribution in [0.4, 0.5) is 23.1 Å². The molecule has 0 bridgehead atoms. The summed E-state index contributed by atoms with van der Waals surface area (Å²) >= 11 is 3.43. The third kappa shape index (κ3) is 7.54. The lowest BCUT2D eigenvalue weighted by molar-refractivity contribution is 0.0518. The molecule has 4 heterocycles. The average molecular weight is 646 g/mol. The number of nitrogens with one attached hydrogen (secondary N) is 2. The minimum absolute atomic E-state index is 0.0553. The molecule has 0 radical (unpaired) electrons. The highest BCUT2D eigenvalue weighted by molar-refractivity contribution is 8.00. The molecule has 2 aromatic carbocycles. The number of amides is 1. The topological polar surface area (TPSA) is 85.9 Å². The predicted molar refractivity (Wildman–Crippen MR) is 187 cm³/mol. The Kier molecular flexibility index (Phi) is 10.1. The van der Waals surface area contributed by atoms with Crippen LogP contribution in [-0.4, -0.2) is 94.8 Å². The number of rotatable bonds is 10. The van der Waals surface area contributed by atoms with Gasteiger partial charge in [0, 0.05) is 61.0 Å². The van der Waals surface area contributed by atoms with Gasteiger partial charge in [-0.05, 0) is 68.6 Å². The van der Waals surface area contributed by atoms with E-state index < -0.39 is 0 Å². The van der Waals surface area contributed by atoms with E-state index in [4.69, 9.17) is 14.7 Å². The van der Waals surface area contributed by atoms with Crippen LogP contribution in [0.2, 0.25) is 0 Å². The van der Waals surface area contributed by atoms with Gasteiger partial charge in [0.1, 0.15) is 5.75 Å². The number of fused-ring (bicyclic) bond motifs is 1. The Labute approximate surface area is 274 Å². The van der Waals surface area contributed by atoms with Gasteiger partial charge in [-0.2, -0.15) is 4.98 Å². The molecule has 1 amide bonds. The summed E-state index contributed by atoms with van der Waals surface area (Å²) in [6, 6.07) is 16.5. The number of piperazine rings is 1. The van der Waals surface area contributed by atoms with E-state index in [1.807, 2.05) is 59.3 Å². The molecule has 0 aliphatic carbocycles. The van der Waals surface area contributed by atoms with Gasteiger partial charge in [0.25, 0.3) is 5.91 Å². The zero-order valence-electron chi connectivity index (χ0n) is 26.6. The maximum Gasteiger partial charge on any atom is 0.253 e. The minimum Gasteiger partial charge on any atom is -0.492 e. The van der Waals surface area contributed by atoms with Crippen molar-refractivity contribution < 1.29 is 9.53 Å². The van der Waals surface area contributed by atoms with Gasteiger partial charge in [-0.25, -0.2) is 4.98 Å². The summed E-state index contributed by atoms with van der Waals surface area (Å²) < 4.78 is 7.02. The molecular formula is C34H43N7O2S2. The average Bonchev–Trinajstić information content (AvgIpc) is 3.52. The van der Waals surface area contributed by atoms with Gasteiger partial charge in [-0.1, -0.05) is 26.0 Å². The van der Waals surface area contributed by atoms with E-state index in [1.54, 1.807) is 11.3 Å². The van der Waals surface area contributed by atoms with Gasteiger partial charge in [-0.15, -0.1) is 23.1 Å². The largest absolute Gasteiger partial charge is 0.492 e. The van der Waals surface area contributed by atoms with Crippen molar-refractivity contribution in [2.75, 3.05) is 63.6 Å². The zero-order valence-corrected chi connectivity index (χ0v) is 28.2. The third-order valence-corrected chi connectivity index (χ3v) is 10.4. The monoisotopic (exact) mass is 645 g/mol. The number of carbonyl (C=O) groups is 1. The van der Waals surface area contributed by atoms with Crippen LogP contribution in [0.1, 0.15) is 44.0 Å². The van der Waals surface area contributed by atoms with Gasteiger partial charge >= 0.3 is 0 Å². The summed E-state index contributed by atoms with van der Waals surface area (Å²) in [6.07, 6.45) is 2.04. The van der Waals surface area contributed by atoms with E-state index in [2.05, 4.69) is 59.5 Å². The van der Waals surface area contributed by atoms with Gasteiger partial charge in [-0.3, -0.25) is 9.69 Å². The minimum atomic E-state index is 0.0553. The highest BCUT2D eigenvalue weighted by Gasteiger charge is 2.29. The SMILES string of the molecule is CCOc1cc(C(=O)N2CCC(N3CCN(C)CC3)CC2)ccc1Nc1nc(Nc2ccccc2SC(C)C)c2sccc2n1. The van der Waals surface area contributed by atoms with Crippen molar-refractivity contribution in [3.8, 4) is 5.75 Å². The smallest absolute Gasteiger partial charge is 0.253 e. The Morgan fingerprint density at radius 2 is 1.78 bits per heavy atom. The molecule has 2 aliphatic rings. The summed E-state index contributed by atoms with van der Waals surface area (Å²) in [7, 11) is 2.19. The first-order valence-corrected chi connectivity index (χ1v) is 17.7. The van der Waals surface area contributed by atoms with E-state index in [9.17, 15) is 4.79 Å². The Balaban J connectivity index is 1.18. The Morgan fingerprint density at radius 1 is 1.00 bits per heavy atom. The molecule has 2 saturated heterocycles. The van der Waals surface area contributed by atoms with Crippen LogP contribution in [-0.2, 0) is 0 Å². The number of hydrogen-bond acceptors (Lipinski definition) is 10. The number of ether oxygens (including phenoxy) is 1. The zero-order chi connectivity index (χ0) is 31.3. The molecule has 2 N–H and O–H groups in total. The first-order chi connectivity index (χ1) is 21.9. The molecule has 45 heavy (non-hydrogen) atoms. The number of nitrogens with zero attached hydrogens (tertiary/aromatic N) is 5. The second kappa shape index (κ2) is 14.4. The molecule has 2 aromatic heterocycles. The molecule has 4 aromatic rings. The number of aromatic nitrogens is 2. The molecule has 2 aliphatic heterocycles. The molecule has 0 spiro atoms. The maximum absolute atomic E-state index is 13.6. The van der Waals surface area contributed by atoms with E-state index in [0.717, 1.165) is 79.5 Å². The van der Waals surface area contributed by atoms with Crippen LogP contribution in [0.5, 0.6) is 5.75 Å². The number of likely N-dealkylation sites (N-methyl/N-ethyl adjacent to an activating group) is 1. The van der Waals surface area contributed by atoms with Gasteiger partial charge in [0.15, 0.2) is 5.82 Å². The Hall–Kier alpha value is -3.38. The van der Waals surface area contributed by atoms with Crippen LogP contribution < -0.4 is 15.4 Å². The molecule has 0 unspecified atom stereocenters. The molecule has 11 heteroatoms. The number of para-hydroxylation sites is 1. The molecule has 0 saturated carbocycles. The number of anilines is 4. The van der Waals surface area contributed by atoms with Crippen LogP contribution in [0.15, 0.2) is 58.8 Å². The fourth-order valence-electron chi connectivity index (χ4n) is 6.02. The quantitative estimate of drug-likeness (QED) is 0.178. The van der Waals surface area contributed by atoms with Crippen molar-refractivity contribution in [2.45, 2.75) is 49.8 Å². The van der Waals surface area contributed by atoms with Gasteiger partial charge in [0.2, 0.25) is 5.95 Å². The molecule has 238 valence electrons. The first-order valence-electron chi connectivity index (χ1n) is 15.9. The molecular weight excluding hydrogens is 603 g/mol. The number of benzene rings is 2. The van der Waals surface area contributed by atoms with Crippen LogP contribution >= 0.6 is 23.1 Å². The predicted octanol–water partition coefficient (Wildman–Crippen LogP) is 6.93. The van der Waals surface area contributed by atoms with E-state index in [1.165, 1.54) is 4.90 Å². The molecule has 0 atom stereocenters. The van der Waals surface area contributed by atoms with E-state index in [0.29, 0.717) is 35.2 Å². The molecule has 9 nitrogen and oxygen atoms in total. The Morgan fingerprint density at radius 3 is 2.53 bits per heavy atom. The summed E-state index contributed by atoms with van der Waals surface area (Å²) in [6.45, 7) is 12.8. The maximum atomic E-state index is 13.6. The Bertz CT molecular complexity index is 1610. The van der Waals surface area contributed by atoms with Crippen molar-refractivity contribution in [3.63, 3.8) is 0 Å². The fourth-order valence-corrected chi connectivity index (χ4v) is 7.70. The third-order valence-electron chi connectivity index (χ3n) is 8.39. The lowest BCUT2D eigenvalue weighted by Crippen LogP contribution is -2.52. The number of hydrogen-bond donors (Lipinski definition) is 2. The number of thiophene rings is 1. The van der Waals surface area contributed by atoms with Gasteiger partial charge < -0.3 is 25.2 Å². The summed E-state index contributed by atoms with van der Waals surface area (Å²) in [5.74, 6) is 1.88. The van der Waals surface area contributed by atoms with Crippen molar-refractivity contribution in [2.24, 2.45) is 0 Å². The number of piperidine rings is 1. The second-order valence-corrected chi connectivity index (χ2v) is 14.5. The molecule has 6 rings (SSSR count). The lowest BCUT2D eigenvalue weighted by atomic mass is 10.0. The van der Waals surface area contributed by atoms with Crippen molar-refractivity contribution in [1.82, 2.24) is 24.7 Å². The normalized spacial score (nSPS) is 16.8. The summed E-state index contributed by atoms with van der Waals surface area (Å²) in [5.41, 5.74) is 3.23. The van der Waals surface area contributed by atoms with Crippen molar-refractivity contribution >= 4 is 62.4 Å². The second-order valence-electron chi connectivity index (χ2n) is 12.0. The van der Waals surface area contributed by atoms with Crippen molar-refractivity contribution in [1.29, 1.82) is 0 Å². The highest BCUT2D eigenvalue weighted by atomic mass is 32.2. The highest BCUT2D eigenvalue weighted by Crippen LogP contribution is 2.36. The summed E-state index contributed by atoms with van der Waals surface area (Å²) in [5, 5.41) is 9.44. The standard InChI is InChI=1S/C34H43N7O2S2/c1-5-43-29-22-24(33(42)41-15-12-25(13-16-41)40-19-17-39(4)18-20-40)10-11-26(29)36-34-37-28-14-21-44-31(28)32(38-34)35-27-8-6-7-9-30(27)45-23(2)3/h6-11,14,21-23,25H,5,12-13,15-20H2,1-4H3,(H2,35,36,37,38). The lowest BCUT2D eigenvalue weighted by Gasteiger charge is -2.42. The van der Waals surface area contributed by atoms with Crippen LogP contribution in [0, 0.1) is 0 Å². The van der Waals surface area contributed by atoms with E-state index in [-0.39, 0.29) is 5.91 Å².